The quantitative estimate of drug-likeness (QED) is 0.766. The number of nitrogens with zero attached hydrogens (tertiary/aromatic N) is 5. The van der Waals surface area contributed by atoms with E-state index in [9.17, 15) is 0 Å². The van der Waals surface area contributed by atoms with Crippen molar-refractivity contribution < 1.29 is 4.74 Å². The molecule has 6 nitrogen and oxygen atoms in total. The van der Waals surface area contributed by atoms with Gasteiger partial charge in [0, 0.05) is 39.8 Å². The van der Waals surface area contributed by atoms with E-state index >= 15 is 0 Å². The van der Waals surface area contributed by atoms with Gasteiger partial charge in [-0.05, 0) is 12.8 Å². The van der Waals surface area contributed by atoms with Crippen molar-refractivity contribution in [1.29, 1.82) is 0 Å². The van der Waals surface area contributed by atoms with Gasteiger partial charge < -0.3 is 9.64 Å². The van der Waals surface area contributed by atoms with Crippen LogP contribution >= 0.6 is 0 Å². The lowest BCUT2D eigenvalue weighted by Gasteiger charge is -2.34. The van der Waals surface area contributed by atoms with Gasteiger partial charge in [0.05, 0.1) is 18.0 Å². The first-order valence-corrected chi connectivity index (χ1v) is 7.47. The molecule has 1 aliphatic rings. The molecule has 2 rings (SSSR count). The molecule has 1 fully saturated rings. The molecule has 0 radical (unpaired) electrons. The van der Waals surface area contributed by atoms with Crippen LogP contribution in [0.1, 0.15) is 25.2 Å². The van der Waals surface area contributed by atoms with E-state index in [0.717, 1.165) is 69.5 Å². The molecular formula is C14H25N5O. The van der Waals surface area contributed by atoms with Crippen LogP contribution in [0.5, 0.6) is 0 Å². The minimum Gasteiger partial charge on any atom is -0.383 e. The van der Waals surface area contributed by atoms with Gasteiger partial charge in [0.15, 0.2) is 0 Å². The van der Waals surface area contributed by atoms with E-state index in [-0.39, 0.29) is 0 Å². The Kier molecular flexibility index (Phi) is 5.67. The number of hydrogen-bond donors (Lipinski definition) is 0. The van der Waals surface area contributed by atoms with Gasteiger partial charge in [-0.15, -0.1) is 5.10 Å². The SMILES string of the molecule is CCc1nnc(N2CCN(CCOC)CC2)nc1CC. The summed E-state index contributed by atoms with van der Waals surface area (Å²) in [4.78, 5) is 9.32. The van der Waals surface area contributed by atoms with Crippen LogP contribution in [-0.4, -0.2) is 66.5 Å². The molecule has 0 aliphatic carbocycles. The molecule has 20 heavy (non-hydrogen) atoms. The number of anilines is 1. The zero-order valence-electron chi connectivity index (χ0n) is 12.8. The van der Waals surface area contributed by atoms with Gasteiger partial charge in [-0.3, -0.25) is 4.90 Å². The molecule has 2 heterocycles. The maximum Gasteiger partial charge on any atom is 0.245 e. The fourth-order valence-corrected chi connectivity index (χ4v) is 2.45. The number of methoxy groups -OCH3 is 1. The highest BCUT2D eigenvalue weighted by Crippen LogP contribution is 2.13. The maximum absolute atomic E-state index is 5.12. The zero-order valence-corrected chi connectivity index (χ0v) is 12.8. The standard InChI is InChI=1S/C14H25N5O/c1-4-12-13(5-2)16-17-14(15-12)19-8-6-18(7-9-19)10-11-20-3/h4-11H2,1-3H3. The molecule has 1 aliphatic heterocycles. The Morgan fingerprint density at radius 2 is 1.70 bits per heavy atom. The summed E-state index contributed by atoms with van der Waals surface area (Å²) in [6.07, 6.45) is 1.81. The van der Waals surface area contributed by atoms with Crippen molar-refractivity contribution in [2.24, 2.45) is 0 Å². The summed E-state index contributed by atoms with van der Waals surface area (Å²) >= 11 is 0. The third-order valence-electron chi connectivity index (χ3n) is 3.76. The molecule has 0 aromatic carbocycles. The van der Waals surface area contributed by atoms with E-state index in [4.69, 9.17) is 4.74 Å². The molecule has 1 saturated heterocycles. The monoisotopic (exact) mass is 279 g/mol. The van der Waals surface area contributed by atoms with Crippen molar-refractivity contribution in [3.05, 3.63) is 11.4 Å². The predicted octanol–water partition coefficient (Wildman–Crippen LogP) is 0.765. The van der Waals surface area contributed by atoms with Crippen LogP contribution in [0.15, 0.2) is 0 Å². The molecule has 1 aromatic rings. The van der Waals surface area contributed by atoms with E-state index in [1.165, 1.54) is 0 Å². The van der Waals surface area contributed by atoms with E-state index < -0.39 is 0 Å². The molecule has 112 valence electrons. The Morgan fingerprint density at radius 1 is 1.00 bits per heavy atom. The number of ether oxygens (including phenoxy) is 1. The molecule has 0 bridgehead atoms. The second-order valence-electron chi connectivity index (χ2n) is 5.03. The second-order valence-corrected chi connectivity index (χ2v) is 5.03. The van der Waals surface area contributed by atoms with Gasteiger partial charge in [-0.25, -0.2) is 4.98 Å². The number of aromatic nitrogens is 3. The van der Waals surface area contributed by atoms with Gasteiger partial charge >= 0.3 is 0 Å². The summed E-state index contributed by atoms with van der Waals surface area (Å²) in [7, 11) is 1.75. The van der Waals surface area contributed by atoms with Gasteiger partial charge in [0.1, 0.15) is 0 Å². The minimum atomic E-state index is 0.783. The van der Waals surface area contributed by atoms with Crippen LogP contribution in [0.2, 0.25) is 0 Å². The highest BCUT2D eigenvalue weighted by Gasteiger charge is 2.19. The summed E-state index contributed by atoms with van der Waals surface area (Å²) in [6, 6.07) is 0. The lowest BCUT2D eigenvalue weighted by atomic mass is 10.2. The molecular weight excluding hydrogens is 254 g/mol. The van der Waals surface area contributed by atoms with Crippen molar-refractivity contribution in [3.8, 4) is 0 Å². The highest BCUT2D eigenvalue weighted by atomic mass is 16.5. The van der Waals surface area contributed by atoms with Crippen LogP contribution in [0.4, 0.5) is 5.95 Å². The molecule has 0 atom stereocenters. The van der Waals surface area contributed by atoms with Gasteiger partial charge in [-0.2, -0.15) is 5.10 Å². The molecule has 0 unspecified atom stereocenters. The fraction of sp³-hybridized carbons (Fsp3) is 0.786. The first-order chi connectivity index (χ1) is 9.78. The topological polar surface area (TPSA) is 54.4 Å². The van der Waals surface area contributed by atoms with E-state index in [0.29, 0.717) is 0 Å². The van der Waals surface area contributed by atoms with Crippen LogP contribution in [0, 0.1) is 0 Å². The summed E-state index contributed by atoms with van der Waals surface area (Å²) in [5.41, 5.74) is 2.11. The van der Waals surface area contributed by atoms with Crippen molar-refractivity contribution in [3.63, 3.8) is 0 Å². The number of aryl methyl sites for hydroxylation is 2. The Labute approximate surface area is 121 Å². The average molecular weight is 279 g/mol. The lowest BCUT2D eigenvalue weighted by Crippen LogP contribution is -2.48. The van der Waals surface area contributed by atoms with E-state index in [2.05, 4.69) is 38.8 Å². The zero-order chi connectivity index (χ0) is 14.4. The smallest absolute Gasteiger partial charge is 0.245 e. The summed E-state index contributed by atoms with van der Waals surface area (Å²) in [5.74, 6) is 0.783. The van der Waals surface area contributed by atoms with Crippen molar-refractivity contribution >= 4 is 5.95 Å². The largest absolute Gasteiger partial charge is 0.383 e. The lowest BCUT2D eigenvalue weighted by molar-refractivity contribution is 0.143. The van der Waals surface area contributed by atoms with E-state index in [1.54, 1.807) is 7.11 Å². The van der Waals surface area contributed by atoms with Crippen LogP contribution in [0.25, 0.3) is 0 Å². The Balaban J connectivity index is 1.96. The first-order valence-electron chi connectivity index (χ1n) is 7.47. The Bertz CT molecular complexity index is 418. The Hall–Kier alpha value is -1.27. The second kappa shape index (κ2) is 7.50. The van der Waals surface area contributed by atoms with Crippen molar-refractivity contribution in [2.75, 3.05) is 51.3 Å². The number of rotatable bonds is 6. The highest BCUT2D eigenvalue weighted by molar-refractivity contribution is 5.31. The summed E-state index contributed by atoms with van der Waals surface area (Å²) in [6.45, 7) is 9.99. The predicted molar refractivity (Wildman–Crippen MR) is 79.1 cm³/mol. The molecule has 1 aromatic heterocycles. The minimum absolute atomic E-state index is 0.783. The third-order valence-corrected chi connectivity index (χ3v) is 3.76. The molecule has 0 saturated carbocycles. The third kappa shape index (κ3) is 3.64. The molecule has 0 amide bonds. The Morgan fingerprint density at radius 3 is 2.30 bits per heavy atom. The van der Waals surface area contributed by atoms with E-state index in [1.807, 2.05) is 0 Å². The fourth-order valence-electron chi connectivity index (χ4n) is 2.45. The number of hydrogen-bond acceptors (Lipinski definition) is 6. The molecule has 0 spiro atoms. The normalized spacial score (nSPS) is 16.6. The van der Waals surface area contributed by atoms with Crippen molar-refractivity contribution in [2.45, 2.75) is 26.7 Å². The summed E-state index contributed by atoms with van der Waals surface area (Å²) in [5, 5.41) is 8.61. The van der Waals surface area contributed by atoms with Crippen LogP contribution in [0.3, 0.4) is 0 Å². The average Bonchev–Trinajstić information content (AvgIpc) is 2.52. The molecule has 0 N–H and O–H groups in total. The van der Waals surface area contributed by atoms with Crippen LogP contribution in [-0.2, 0) is 17.6 Å². The number of piperazine rings is 1. The van der Waals surface area contributed by atoms with Gasteiger partial charge in [0.2, 0.25) is 5.95 Å². The van der Waals surface area contributed by atoms with Gasteiger partial charge in [-0.1, -0.05) is 13.8 Å². The van der Waals surface area contributed by atoms with Crippen molar-refractivity contribution in [1.82, 2.24) is 20.1 Å². The first kappa shape index (κ1) is 15.1. The van der Waals surface area contributed by atoms with Gasteiger partial charge in [0.25, 0.3) is 0 Å². The summed E-state index contributed by atoms with van der Waals surface area (Å²) < 4.78 is 5.12. The molecule has 6 heteroatoms. The van der Waals surface area contributed by atoms with Crippen LogP contribution < -0.4 is 4.90 Å². The maximum atomic E-state index is 5.12.